The summed E-state index contributed by atoms with van der Waals surface area (Å²) in [5.74, 6) is -3.03. The van der Waals surface area contributed by atoms with Crippen molar-refractivity contribution in [3.8, 4) is 0 Å². The van der Waals surface area contributed by atoms with E-state index in [1.54, 1.807) is 0 Å². The Morgan fingerprint density at radius 3 is 2.83 bits per heavy atom. The number of nitrogens with zero attached hydrogens (tertiary/aromatic N) is 1. The van der Waals surface area contributed by atoms with E-state index < -0.39 is 11.8 Å². The van der Waals surface area contributed by atoms with Gasteiger partial charge in [-0.1, -0.05) is 0 Å². The van der Waals surface area contributed by atoms with Crippen molar-refractivity contribution in [2.24, 2.45) is 11.7 Å². The van der Waals surface area contributed by atoms with Crippen LogP contribution in [-0.4, -0.2) is 37.5 Å². The molecule has 0 aromatic heterocycles. The molecule has 0 aliphatic carbocycles. The lowest BCUT2D eigenvalue weighted by molar-refractivity contribution is -0.103. The summed E-state index contributed by atoms with van der Waals surface area (Å²) in [4.78, 5) is 1.94. The summed E-state index contributed by atoms with van der Waals surface area (Å²) < 4.78 is 26.3. The highest BCUT2D eigenvalue weighted by Gasteiger charge is 2.42. The molecule has 0 saturated carbocycles. The van der Waals surface area contributed by atoms with E-state index in [2.05, 4.69) is 0 Å². The lowest BCUT2D eigenvalue weighted by Crippen LogP contribution is -2.46. The number of rotatable bonds is 2. The smallest absolute Gasteiger partial charge is 0.253 e. The zero-order valence-corrected chi connectivity index (χ0v) is 7.39. The Balaban J connectivity index is 2.52. The molecule has 12 heavy (non-hydrogen) atoms. The molecule has 2 nitrogen and oxygen atoms in total. The first-order chi connectivity index (χ1) is 5.56. The SMILES string of the molecule is CN1CCC(F)(F)C(CCN)C1. The molecule has 1 rings (SSSR count). The predicted molar refractivity (Wildman–Crippen MR) is 44.2 cm³/mol. The van der Waals surface area contributed by atoms with Gasteiger partial charge in [-0.3, -0.25) is 0 Å². The Labute approximate surface area is 71.7 Å². The molecule has 0 spiro atoms. The van der Waals surface area contributed by atoms with Gasteiger partial charge in [0.05, 0.1) is 0 Å². The molecule has 1 heterocycles. The largest absolute Gasteiger partial charge is 0.330 e. The van der Waals surface area contributed by atoms with E-state index in [0.717, 1.165) is 0 Å². The van der Waals surface area contributed by atoms with Crippen LogP contribution >= 0.6 is 0 Å². The number of likely N-dealkylation sites (tertiary alicyclic amines) is 1. The topological polar surface area (TPSA) is 29.3 Å². The van der Waals surface area contributed by atoms with E-state index in [0.29, 0.717) is 26.1 Å². The van der Waals surface area contributed by atoms with Crippen LogP contribution in [0.15, 0.2) is 0 Å². The van der Waals surface area contributed by atoms with Gasteiger partial charge in [0.15, 0.2) is 0 Å². The van der Waals surface area contributed by atoms with Gasteiger partial charge in [-0.2, -0.15) is 0 Å². The molecule has 1 saturated heterocycles. The van der Waals surface area contributed by atoms with Crippen molar-refractivity contribution in [2.45, 2.75) is 18.8 Å². The summed E-state index contributed by atoms with van der Waals surface area (Å²) in [5, 5.41) is 0. The maximum Gasteiger partial charge on any atom is 0.253 e. The van der Waals surface area contributed by atoms with Crippen molar-refractivity contribution in [3.05, 3.63) is 0 Å². The second kappa shape index (κ2) is 3.66. The first-order valence-corrected chi connectivity index (χ1v) is 4.32. The Morgan fingerprint density at radius 1 is 1.58 bits per heavy atom. The molecular weight excluding hydrogens is 162 g/mol. The van der Waals surface area contributed by atoms with E-state index >= 15 is 0 Å². The average molecular weight is 178 g/mol. The van der Waals surface area contributed by atoms with Crippen molar-refractivity contribution in [3.63, 3.8) is 0 Å². The van der Waals surface area contributed by atoms with Crippen LogP contribution in [0.3, 0.4) is 0 Å². The van der Waals surface area contributed by atoms with Crippen molar-refractivity contribution < 1.29 is 8.78 Å². The van der Waals surface area contributed by atoms with Gasteiger partial charge < -0.3 is 10.6 Å². The molecule has 1 aliphatic heterocycles. The second-order valence-electron chi connectivity index (χ2n) is 3.55. The summed E-state index contributed by atoms with van der Waals surface area (Å²) in [7, 11) is 1.87. The molecule has 0 radical (unpaired) electrons. The Kier molecular flexibility index (Phi) is 3.01. The van der Waals surface area contributed by atoms with Crippen LogP contribution in [0.1, 0.15) is 12.8 Å². The molecular formula is C8H16F2N2. The first-order valence-electron chi connectivity index (χ1n) is 4.32. The van der Waals surface area contributed by atoms with Crippen LogP contribution < -0.4 is 5.73 Å². The first kappa shape index (κ1) is 9.86. The highest BCUT2D eigenvalue weighted by Crippen LogP contribution is 2.34. The van der Waals surface area contributed by atoms with Gasteiger partial charge in [-0.05, 0) is 20.0 Å². The van der Waals surface area contributed by atoms with Gasteiger partial charge in [0.1, 0.15) is 0 Å². The fourth-order valence-corrected chi connectivity index (χ4v) is 1.65. The number of alkyl halides is 2. The van der Waals surface area contributed by atoms with Gasteiger partial charge in [0, 0.05) is 25.4 Å². The van der Waals surface area contributed by atoms with E-state index in [1.807, 2.05) is 11.9 Å². The molecule has 0 aromatic rings. The van der Waals surface area contributed by atoms with E-state index in [9.17, 15) is 8.78 Å². The fraction of sp³-hybridized carbons (Fsp3) is 1.00. The zero-order valence-electron chi connectivity index (χ0n) is 7.39. The highest BCUT2D eigenvalue weighted by atomic mass is 19.3. The minimum atomic E-state index is -2.49. The molecule has 1 fully saturated rings. The van der Waals surface area contributed by atoms with Gasteiger partial charge in [0.25, 0.3) is 5.92 Å². The monoisotopic (exact) mass is 178 g/mol. The lowest BCUT2D eigenvalue weighted by atomic mass is 9.91. The number of nitrogens with two attached hydrogens (primary N) is 1. The maximum absolute atomic E-state index is 13.1. The molecule has 72 valence electrons. The Bertz CT molecular complexity index is 150. The normalized spacial score (nSPS) is 30.5. The predicted octanol–water partition coefficient (Wildman–Crippen LogP) is 0.922. The third kappa shape index (κ3) is 2.14. The molecule has 2 N–H and O–H groups in total. The molecule has 1 aliphatic rings. The number of hydrogen-bond acceptors (Lipinski definition) is 2. The van der Waals surface area contributed by atoms with Gasteiger partial charge in [-0.25, -0.2) is 8.78 Å². The van der Waals surface area contributed by atoms with Crippen LogP contribution in [0.4, 0.5) is 8.78 Å². The molecule has 0 amide bonds. The van der Waals surface area contributed by atoms with E-state index in [1.165, 1.54) is 0 Å². The highest BCUT2D eigenvalue weighted by molar-refractivity contribution is 4.85. The summed E-state index contributed by atoms with van der Waals surface area (Å²) in [5.41, 5.74) is 5.27. The van der Waals surface area contributed by atoms with E-state index in [-0.39, 0.29) is 6.42 Å². The van der Waals surface area contributed by atoms with Crippen LogP contribution in [0.5, 0.6) is 0 Å². The van der Waals surface area contributed by atoms with Gasteiger partial charge in [-0.15, -0.1) is 0 Å². The quantitative estimate of drug-likeness (QED) is 0.681. The summed E-state index contributed by atoms with van der Waals surface area (Å²) in [6.45, 7) is 1.33. The van der Waals surface area contributed by atoms with Crippen molar-refractivity contribution in [1.82, 2.24) is 4.90 Å². The van der Waals surface area contributed by atoms with Gasteiger partial charge in [0.2, 0.25) is 0 Å². The van der Waals surface area contributed by atoms with Crippen molar-refractivity contribution in [2.75, 3.05) is 26.7 Å². The molecule has 1 atom stereocenters. The van der Waals surface area contributed by atoms with Gasteiger partial charge >= 0.3 is 0 Å². The van der Waals surface area contributed by atoms with Crippen LogP contribution in [-0.2, 0) is 0 Å². The summed E-state index contributed by atoms with van der Waals surface area (Å²) in [6.07, 6.45) is 0.408. The molecule has 1 unspecified atom stereocenters. The number of piperidine rings is 1. The third-order valence-electron chi connectivity index (χ3n) is 2.47. The van der Waals surface area contributed by atoms with Crippen LogP contribution in [0.2, 0.25) is 0 Å². The third-order valence-corrected chi connectivity index (χ3v) is 2.47. The minimum Gasteiger partial charge on any atom is -0.330 e. The standard InChI is InChI=1S/C8H16F2N2/c1-12-5-3-8(9,10)7(6-12)2-4-11/h7H,2-6,11H2,1H3. The summed E-state index contributed by atoms with van der Waals surface area (Å²) in [6, 6.07) is 0. The van der Waals surface area contributed by atoms with E-state index in [4.69, 9.17) is 5.73 Å². The summed E-state index contributed by atoms with van der Waals surface area (Å²) >= 11 is 0. The molecule has 0 bridgehead atoms. The maximum atomic E-state index is 13.1. The molecule has 4 heteroatoms. The molecule has 0 aromatic carbocycles. The van der Waals surface area contributed by atoms with Crippen molar-refractivity contribution >= 4 is 0 Å². The Hall–Kier alpha value is -0.220. The number of hydrogen-bond donors (Lipinski definition) is 1. The Morgan fingerprint density at radius 2 is 2.25 bits per heavy atom. The lowest BCUT2D eigenvalue weighted by Gasteiger charge is -2.36. The average Bonchev–Trinajstić information content (AvgIpc) is 1.98. The second-order valence-corrected chi connectivity index (χ2v) is 3.55. The zero-order chi connectivity index (χ0) is 9.19. The fourth-order valence-electron chi connectivity index (χ4n) is 1.65. The van der Waals surface area contributed by atoms with Crippen molar-refractivity contribution in [1.29, 1.82) is 0 Å². The number of halogens is 2. The van der Waals surface area contributed by atoms with Crippen LogP contribution in [0, 0.1) is 5.92 Å². The minimum absolute atomic E-state index is 0.0197. The van der Waals surface area contributed by atoms with Crippen LogP contribution in [0.25, 0.3) is 0 Å².